The SMILES string of the molecule is C=C(Br)CN(C)Cc1ccccc1. The number of benzene rings is 1. The molecule has 70 valence electrons. The summed E-state index contributed by atoms with van der Waals surface area (Å²) in [5.41, 5.74) is 1.33. The molecule has 0 heterocycles. The van der Waals surface area contributed by atoms with Crippen molar-refractivity contribution in [1.82, 2.24) is 4.90 Å². The quantitative estimate of drug-likeness (QED) is 0.781. The first-order chi connectivity index (χ1) is 6.18. The molecule has 0 aliphatic carbocycles. The fourth-order valence-corrected chi connectivity index (χ4v) is 1.67. The molecule has 1 aromatic carbocycles. The van der Waals surface area contributed by atoms with Crippen LogP contribution in [0.4, 0.5) is 0 Å². The third-order valence-electron chi connectivity index (χ3n) is 1.74. The van der Waals surface area contributed by atoms with E-state index in [9.17, 15) is 0 Å². The highest BCUT2D eigenvalue weighted by Gasteiger charge is 1.99. The average molecular weight is 240 g/mol. The molecule has 1 nitrogen and oxygen atoms in total. The molecular formula is C11H14BrN. The van der Waals surface area contributed by atoms with E-state index in [4.69, 9.17) is 0 Å². The van der Waals surface area contributed by atoms with Crippen LogP contribution in [0, 0.1) is 0 Å². The lowest BCUT2D eigenvalue weighted by molar-refractivity contribution is 0.362. The Labute approximate surface area is 88.2 Å². The molecule has 0 radical (unpaired) electrons. The van der Waals surface area contributed by atoms with Gasteiger partial charge in [-0.15, -0.1) is 0 Å². The molecule has 0 saturated heterocycles. The van der Waals surface area contributed by atoms with E-state index in [1.54, 1.807) is 0 Å². The van der Waals surface area contributed by atoms with Crippen molar-refractivity contribution < 1.29 is 0 Å². The Morgan fingerprint density at radius 1 is 1.38 bits per heavy atom. The molecule has 0 spiro atoms. The molecule has 0 fully saturated rings. The number of hydrogen-bond donors (Lipinski definition) is 0. The normalized spacial score (nSPS) is 10.4. The first-order valence-corrected chi connectivity index (χ1v) is 5.03. The summed E-state index contributed by atoms with van der Waals surface area (Å²) < 4.78 is 1.02. The van der Waals surface area contributed by atoms with Crippen LogP contribution < -0.4 is 0 Å². The molecule has 1 rings (SSSR count). The maximum absolute atomic E-state index is 3.81. The van der Waals surface area contributed by atoms with Crippen LogP contribution in [-0.4, -0.2) is 18.5 Å². The van der Waals surface area contributed by atoms with Crippen molar-refractivity contribution in [2.24, 2.45) is 0 Å². The first kappa shape index (κ1) is 10.5. The molecule has 0 saturated carbocycles. The maximum Gasteiger partial charge on any atom is 0.0294 e. The average Bonchev–Trinajstić information content (AvgIpc) is 2.04. The topological polar surface area (TPSA) is 3.24 Å². The summed E-state index contributed by atoms with van der Waals surface area (Å²) in [5, 5.41) is 0. The molecule has 13 heavy (non-hydrogen) atoms. The molecule has 0 aliphatic rings. The molecule has 1 aromatic rings. The van der Waals surface area contributed by atoms with Gasteiger partial charge in [0.15, 0.2) is 0 Å². The van der Waals surface area contributed by atoms with Crippen LogP contribution in [0.3, 0.4) is 0 Å². The lowest BCUT2D eigenvalue weighted by Crippen LogP contribution is -2.18. The largest absolute Gasteiger partial charge is 0.297 e. The smallest absolute Gasteiger partial charge is 0.0294 e. The summed E-state index contributed by atoms with van der Waals surface area (Å²) in [6.07, 6.45) is 0. The van der Waals surface area contributed by atoms with Crippen molar-refractivity contribution in [3.63, 3.8) is 0 Å². The van der Waals surface area contributed by atoms with Crippen LogP contribution in [0.15, 0.2) is 41.4 Å². The van der Waals surface area contributed by atoms with E-state index in [0.717, 1.165) is 17.6 Å². The summed E-state index contributed by atoms with van der Waals surface area (Å²) in [5.74, 6) is 0. The third kappa shape index (κ3) is 4.25. The highest BCUT2D eigenvalue weighted by Crippen LogP contribution is 2.07. The molecule has 0 unspecified atom stereocenters. The second-order valence-corrected chi connectivity index (χ2v) is 4.30. The van der Waals surface area contributed by atoms with E-state index in [2.05, 4.69) is 58.7 Å². The van der Waals surface area contributed by atoms with Gasteiger partial charge < -0.3 is 0 Å². The summed E-state index contributed by atoms with van der Waals surface area (Å²) >= 11 is 3.35. The van der Waals surface area contributed by atoms with Gasteiger partial charge in [-0.2, -0.15) is 0 Å². The van der Waals surface area contributed by atoms with Crippen LogP contribution in [0.1, 0.15) is 5.56 Å². The predicted molar refractivity (Wildman–Crippen MR) is 60.8 cm³/mol. The maximum atomic E-state index is 3.81. The highest BCUT2D eigenvalue weighted by atomic mass is 79.9. The van der Waals surface area contributed by atoms with Crippen LogP contribution in [0.25, 0.3) is 0 Å². The Morgan fingerprint density at radius 2 is 2.00 bits per heavy atom. The molecule has 0 bridgehead atoms. The minimum absolute atomic E-state index is 0.884. The zero-order chi connectivity index (χ0) is 9.68. The van der Waals surface area contributed by atoms with Crippen molar-refractivity contribution >= 4 is 15.9 Å². The summed E-state index contributed by atoms with van der Waals surface area (Å²) in [7, 11) is 2.08. The van der Waals surface area contributed by atoms with E-state index in [-0.39, 0.29) is 0 Å². The standard InChI is InChI=1S/C11H14BrN/c1-10(12)8-13(2)9-11-6-4-3-5-7-11/h3-7H,1,8-9H2,2H3. The summed E-state index contributed by atoms with van der Waals surface area (Å²) in [4.78, 5) is 2.21. The van der Waals surface area contributed by atoms with Crippen LogP contribution in [0.5, 0.6) is 0 Å². The molecule has 0 aromatic heterocycles. The van der Waals surface area contributed by atoms with Gasteiger partial charge in [-0.05, 0) is 12.6 Å². The van der Waals surface area contributed by atoms with Gasteiger partial charge in [-0.25, -0.2) is 0 Å². The van der Waals surface area contributed by atoms with E-state index in [0.29, 0.717) is 0 Å². The third-order valence-corrected chi connectivity index (χ3v) is 1.99. The van der Waals surface area contributed by atoms with Crippen LogP contribution in [-0.2, 0) is 6.54 Å². The number of nitrogens with zero attached hydrogens (tertiary/aromatic N) is 1. The minimum Gasteiger partial charge on any atom is -0.297 e. The molecule has 0 atom stereocenters. The van der Waals surface area contributed by atoms with Crippen molar-refractivity contribution in [2.45, 2.75) is 6.54 Å². The Morgan fingerprint density at radius 3 is 2.54 bits per heavy atom. The van der Waals surface area contributed by atoms with Gasteiger partial charge in [0.05, 0.1) is 0 Å². The number of rotatable bonds is 4. The Hall–Kier alpha value is -0.600. The Kier molecular flexibility index (Phi) is 4.19. The molecule has 0 N–H and O–H groups in total. The fraction of sp³-hybridized carbons (Fsp3) is 0.273. The minimum atomic E-state index is 0.884. The van der Waals surface area contributed by atoms with Gasteiger partial charge in [-0.3, -0.25) is 4.90 Å². The monoisotopic (exact) mass is 239 g/mol. The Bertz CT molecular complexity index is 269. The second kappa shape index (κ2) is 5.20. The summed E-state index contributed by atoms with van der Waals surface area (Å²) in [6, 6.07) is 10.4. The molecule has 0 aliphatic heterocycles. The van der Waals surface area contributed by atoms with Crippen molar-refractivity contribution in [3.05, 3.63) is 47.0 Å². The van der Waals surface area contributed by atoms with E-state index in [1.807, 2.05) is 6.07 Å². The van der Waals surface area contributed by atoms with Gasteiger partial charge in [-0.1, -0.05) is 52.8 Å². The molecule has 2 heteroatoms. The lowest BCUT2D eigenvalue weighted by atomic mass is 10.2. The van der Waals surface area contributed by atoms with Crippen molar-refractivity contribution in [1.29, 1.82) is 0 Å². The van der Waals surface area contributed by atoms with Crippen molar-refractivity contribution in [3.8, 4) is 0 Å². The first-order valence-electron chi connectivity index (χ1n) is 4.24. The second-order valence-electron chi connectivity index (χ2n) is 3.18. The van der Waals surface area contributed by atoms with E-state index >= 15 is 0 Å². The number of likely N-dealkylation sites (N-methyl/N-ethyl adjacent to an activating group) is 1. The van der Waals surface area contributed by atoms with Gasteiger partial charge in [0.2, 0.25) is 0 Å². The Balaban J connectivity index is 2.45. The lowest BCUT2D eigenvalue weighted by Gasteiger charge is -2.15. The number of halogens is 1. The zero-order valence-corrected chi connectivity index (χ0v) is 9.42. The zero-order valence-electron chi connectivity index (χ0n) is 7.83. The fourth-order valence-electron chi connectivity index (χ4n) is 1.24. The van der Waals surface area contributed by atoms with E-state index < -0.39 is 0 Å². The predicted octanol–water partition coefficient (Wildman–Crippen LogP) is 3.03. The van der Waals surface area contributed by atoms with E-state index in [1.165, 1.54) is 5.56 Å². The van der Waals surface area contributed by atoms with Crippen molar-refractivity contribution in [2.75, 3.05) is 13.6 Å². The summed E-state index contributed by atoms with van der Waals surface area (Å²) in [6.45, 7) is 5.66. The molecule has 0 amide bonds. The van der Waals surface area contributed by atoms with Crippen LogP contribution in [0.2, 0.25) is 0 Å². The van der Waals surface area contributed by atoms with Gasteiger partial charge >= 0.3 is 0 Å². The van der Waals surface area contributed by atoms with Gasteiger partial charge in [0, 0.05) is 17.6 Å². The van der Waals surface area contributed by atoms with Gasteiger partial charge in [0.25, 0.3) is 0 Å². The molecular weight excluding hydrogens is 226 g/mol. The van der Waals surface area contributed by atoms with Gasteiger partial charge in [0.1, 0.15) is 0 Å². The number of hydrogen-bond acceptors (Lipinski definition) is 1. The van der Waals surface area contributed by atoms with Crippen LogP contribution >= 0.6 is 15.9 Å². The highest BCUT2D eigenvalue weighted by molar-refractivity contribution is 9.11.